The molecular formula is C19H20F3N3O3S. The van der Waals surface area contributed by atoms with Crippen LogP contribution >= 0.6 is 0 Å². The number of benzene rings is 2. The summed E-state index contributed by atoms with van der Waals surface area (Å²) in [5, 5.41) is 5.72. The normalized spacial score (nSPS) is 13.9. The second kappa shape index (κ2) is 7.94. The van der Waals surface area contributed by atoms with Crippen LogP contribution in [0.2, 0.25) is 0 Å². The van der Waals surface area contributed by atoms with E-state index in [1.807, 2.05) is 24.3 Å². The van der Waals surface area contributed by atoms with Gasteiger partial charge < -0.3 is 15.5 Å². The zero-order chi connectivity index (χ0) is 21.2. The minimum atomic E-state index is -5.49. The number of halogens is 3. The van der Waals surface area contributed by atoms with Gasteiger partial charge in [0.15, 0.2) is 0 Å². The van der Waals surface area contributed by atoms with Crippen molar-refractivity contribution < 1.29 is 26.4 Å². The molecule has 2 N–H and O–H groups in total. The van der Waals surface area contributed by atoms with Crippen LogP contribution in [0.5, 0.6) is 0 Å². The third kappa shape index (κ3) is 4.16. The summed E-state index contributed by atoms with van der Waals surface area (Å²) in [7, 11) is -5.49. The largest absolute Gasteiger partial charge is 0.501 e. The number of carbonyl (C=O) groups excluding carboxylic acids is 1. The van der Waals surface area contributed by atoms with E-state index < -0.39 is 20.2 Å². The Bertz CT molecular complexity index is 1020. The summed E-state index contributed by atoms with van der Waals surface area (Å²) in [6.07, 6.45) is 0.726. The fourth-order valence-electron chi connectivity index (χ4n) is 3.18. The Labute approximate surface area is 166 Å². The lowest BCUT2D eigenvalue weighted by molar-refractivity contribution is -0.116. The minimum absolute atomic E-state index is 0.109. The lowest BCUT2D eigenvalue weighted by Gasteiger charge is -2.20. The fraction of sp³-hybridized carbons (Fsp3) is 0.316. The van der Waals surface area contributed by atoms with Crippen molar-refractivity contribution in [2.75, 3.05) is 35.2 Å². The van der Waals surface area contributed by atoms with Gasteiger partial charge in [-0.1, -0.05) is 18.2 Å². The van der Waals surface area contributed by atoms with Crippen LogP contribution in [0.25, 0.3) is 0 Å². The highest BCUT2D eigenvalue weighted by Crippen LogP contribution is 2.34. The summed E-state index contributed by atoms with van der Waals surface area (Å²) in [5.41, 5.74) is -3.03. The molecule has 29 heavy (non-hydrogen) atoms. The van der Waals surface area contributed by atoms with Crippen LogP contribution in [-0.2, 0) is 21.1 Å². The molecular weight excluding hydrogens is 407 g/mol. The lowest BCUT2D eigenvalue weighted by atomic mass is 10.2. The third-order valence-corrected chi connectivity index (χ3v) is 6.08. The highest BCUT2D eigenvalue weighted by atomic mass is 32.2. The molecule has 0 saturated carbocycles. The number of carbonyl (C=O) groups is 1. The van der Waals surface area contributed by atoms with Crippen molar-refractivity contribution in [1.82, 2.24) is 0 Å². The summed E-state index contributed by atoms with van der Waals surface area (Å²) in [6.45, 7) is 2.58. The molecule has 0 saturated heterocycles. The van der Waals surface area contributed by atoms with Crippen molar-refractivity contribution in [3.63, 3.8) is 0 Å². The van der Waals surface area contributed by atoms with Crippen LogP contribution in [0.15, 0.2) is 47.4 Å². The molecule has 0 spiro atoms. The van der Waals surface area contributed by atoms with Crippen LogP contribution in [0.1, 0.15) is 12.5 Å². The van der Waals surface area contributed by atoms with E-state index in [1.54, 1.807) is 11.8 Å². The quantitative estimate of drug-likeness (QED) is 0.739. The lowest BCUT2D eigenvalue weighted by Crippen LogP contribution is -2.34. The number of nitrogens with zero attached hydrogens (tertiary/aromatic N) is 1. The van der Waals surface area contributed by atoms with E-state index in [1.165, 1.54) is 6.07 Å². The topological polar surface area (TPSA) is 78.5 Å². The van der Waals surface area contributed by atoms with E-state index in [0.29, 0.717) is 18.8 Å². The standard InChI is InChI=1S/C19H20F3N3O3S/c1-2-23-15-8-7-14(29(27,28)19(20,21)22)11-16(15)24-12-18(26)25-10-9-13-5-3-4-6-17(13)25/h3-8,11,23-24H,2,9-10,12H2,1H3. The second-order valence-electron chi connectivity index (χ2n) is 6.46. The van der Waals surface area contributed by atoms with Crippen LogP contribution in [-0.4, -0.2) is 39.5 Å². The molecule has 1 aliphatic heterocycles. The van der Waals surface area contributed by atoms with E-state index in [9.17, 15) is 26.4 Å². The molecule has 10 heteroatoms. The van der Waals surface area contributed by atoms with Gasteiger partial charge in [0.2, 0.25) is 5.91 Å². The van der Waals surface area contributed by atoms with Gasteiger partial charge in [-0.15, -0.1) is 0 Å². The Morgan fingerprint density at radius 3 is 2.52 bits per heavy atom. The Kier molecular flexibility index (Phi) is 5.74. The average Bonchev–Trinajstić information content (AvgIpc) is 3.10. The maximum absolute atomic E-state index is 12.9. The van der Waals surface area contributed by atoms with Crippen LogP contribution in [0.3, 0.4) is 0 Å². The number of para-hydroxylation sites is 1. The fourth-order valence-corrected chi connectivity index (χ4v) is 3.97. The number of rotatable bonds is 6. The van der Waals surface area contributed by atoms with Crippen molar-refractivity contribution in [3.05, 3.63) is 48.0 Å². The number of nitrogens with one attached hydrogen (secondary N) is 2. The van der Waals surface area contributed by atoms with Gasteiger partial charge in [0.1, 0.15) is 0 Å². The summed E-state index contributed by atoms with van der Waals surface area (Å²) in [5.74, 6) is -0.263. The summed E-state index contributed by atoms with van der Waals surface area (Å²) in [4.78, 5) is 13.4. The van der Waals surface area contributed by atoms with Crippen molar-refractivity contribution in [2.24, 2.45) is 0 Å². The van der Waals surface area contributed by atoms with Gasteiger partial charge >= 0.3 is 5.51 Å². The molecule has 1 heterocycles. The second-order valence-corrected chi connectivity index (χ2v) is 8.41. The SMILES string of the molecule is CCNc1ccc(S(=O)(=O)C(F)(F)F)cc1NCC(=O)N1CCc2ccccc21. The molecule has 1 aliphatic rings. The maximum atomic E-state index is 12.9. The molecule has 0 aliphatic carbocycles. The number of sulfone groups is 1. The molecule has 2 aromatic carbocycles. The predicted molar refractivity (Wildman–Crippen MR) is 105 cm³/mol. The van der Waals surface area contributed by atoms with E-state index in [4.69, 9.17) is 0 Å². The Morgan fingerprint density at radius 2 is 1.83 bits per heavy atom. The first-order valence-corrected chi connectivity index (χ1v) is 10.4. The molecule has 0 aromatic heterocycles. The Hall–Kier alpha value is -2.75. The average molecular weight is 427 g/mol. The highest BCUT2D eigenvalue weighted by Gasteiger charge is 2.47. The van der Waals surface area contributed by atoms with E-state index in [-0.39, 0.29) is 18.1 Å². The van der Waals surface area contributed by atoms with Crippen LogP contribution in [0, 0.1) is 0 Å². The van der Waals surface area contributed by atoms with Crippen LogP contribution < -0.4 is 15.5 Å². The van der Waals surface area contributed by atoms with E-state index >= 15 is 0 Å². The third-order valence-electron chi connectivity index (χ3n) is 4.59. The molecule has 2 aromatic rings. The first-order chi connectivity index (χ1) is 13.6. The number of alkyl halides is 3. The van der Waals surface area contributed by atoms with E-state index in [2.05, 4.69) is 10.6 Å². The molecule has 156 valence electrons. The highest BCUT2D eigenvalue weighted by molar-refractivity contribution is 7.92. The number of fused-ring (bicyclic) bond motifs is 1. The first-order valence-electron chi connectivity index (χ1n) is 8.96. The molecule has 0 radical (unpaired) electrons. The van der Waals surface area contributed by atoms with Crippen molar-refractivity contribution in [3.8, 4) is 0 Å². The van der Waals surface area contributed by atoms with Gasteiger partial charge in [-0.2, -0.15) is 13.2 Å². The first kappa shape index (κ1) is 21.0. The van der Waals surface area contributed by atoms with Crippen molar-refractivity contribution in [2.45, 2.75) is 23.7 Å². The van der Waals surface area contributed by atoms with Crippen molar-refractivity contribution in [1.29, 1.82) is 0 Å². The number of hydrogen-bond donors (Lipinski definition) is 2. The Morgan fingerprint density at radius 1 is 1.10 bits per heavy atom. The molecule has 0 atom stereocenters. The number of anilines is 3. The maximum Gasteiger partial charge on any atom is 0.501 e. The van der Waals surface area contributed by atoms with Gasteiger partial charge in [0, 0.05) is 18.8 Å². The zero-order valence-electron chi connectivity index (χ0n) is 15.6. The summed E-state index contributed by atoms with van der Waals surface area (Å²) < 4.78 is 62.0. The molecule has 0 bridgehead atoms. The summed E-state index contributed by atoms with van der Waals surface area (Å²) in [6, 6.07) is 10.5. The van der Waals surface area contributed by atoms with Crippen LogP contribution in [0.4, 0.5) is 30.2 Å². The molecule has 0 unspecified atom stereocenters. The number of amides is 1. The minimum Gasteiger partial charge on any atom is -0.384 e. The van der Waals surface area contributed by atoms with Gasteiger partial charge in [-0.3, -0.25) is 4.79 Å². The van der Waals surface area contributed by atoms with E-state index in [0.717, 1.165) is 29.8 Å². The van der Waals surface area contributed by atoms with Gasteiger partial charge in [0.05, 0.1) is 22.8 Å². The smallest absolute Gasteiger partial charge is 0.384 e. The summed E-state index contributed by atoms with van der Waals surface area (Å²) >= 11 is 0. The van der Waals surface area contributed by atoms with Gasteiger partial charge in [0.25, 0.3) is 9.84 Å². The predicted octanol–water partition coefficient (Wildman–Crippen LogP) is 3.41. The zero-order valence-corrected chi connectivity index (χ0v) is 16.4. The number of hydrogen-bond acceptors (Lipinski definition) is 5. The van der Waals surface area contributed by atoms with Gasteiger partial charge in [-0.05, 0) is 43.2 Å². The van der Waals surface area contributed by atoms with Gasteiger partial charge in [-0.25, -0.2) is 8.42 Å². The monoisotopic (exact) mass is 427 g/mol. The molecule has 0 fully saturated rings. The Balaban J connectivity index is 1.82. The molecule has 6 nitrogen and oxygen atoms in total. The molecule has 1 amide bonds. The molecule has 3 rings (SSSR count). The van der Waals surface area contributed by atoms with Crippen molar-refractivity contribution >= 4 is 32.8 Å².